The topological polar surface area (TPSA) is 114 Å². The van der Waals surface area contributed by atoms with E-state index < -0.39 is 16.1 Å². The first-order chi connectivity index (χ1) is 17.0. The van der Waals surface area contributed by atoms with E-state index in [1.807, 2.05) is 0 Å². The molecule has 10 nitrogen and oxygen atoms in total. The number of amides is 2. The number of hydrogen-bond donors (Lipinski definition) is 1. The maximum absolute atomic E-state index is 13.9. The third kappa shape index (κ3) is 5.24. The van der Waals surface area contributed by atoms with Crippen LogP contribution in [0.2, 0.25) is 15.3 Å². The van der Waals surface area contributed by atoms with Crippen molar-refractivity contribution in [2.75, 3.05) is 35.0 Å². The van der Waals surface area contributed by atoms with E-state index in [1.54, 1.807) is 24.3 Å². The number of benzene rings is 2. The first kappa shape index (κ1) is 26.1. The minimum absolute atomic E-state index is 0.0330. The zero-order valence-electron chi connectivity index (χ0n) is 19.3. The summed E-state index contributed by atoms with van der Waals surface area (Å²) in [6, 6.07) is 7.66. The van der Waals surface area contributed by atoms with Crippen molar-refractivity contribution in [2.24, 2.45) is 0 Å². The Labute approximate surface area is 222 Å². The van der Waals surface area contributed by atoms with Gasteiger partial charge in [0.05, 0.1) is 39.3 Å². The van der Waals surface area contributed by atoms with Crippen LogP contribution in [-0.2, 0) is 23.1 Å². The molecular weight excluding hydrogens is 553 g/mol. The van der Waals surface area contributed by atoms with Gasteiger partial charge in [0, 0.05) is 23.5 Å². The first-order valence-electron chi connectivity index (χ1n) is 10.3. The molecule has 2 amide bonds. The molecular formula is C22H20Cl3N5O5S. The molecule has 2 heterocycles. The van der Waals surface area contributed by atoms with Crippen LogP contribution >= 0.6 is 34.8 Å². The number of methoxy groups -OCH3 is 2. The first-order valence-corrected chi connectivity index (χ1v) is 13.3. The molecule has 14 heteroatoms. The lowest BCUT2D eigenvalue weighted by Gasteiger charge is -2.37. The molecule has 0 saturated carbocycles. The molecule has 0 spiro atoms. The van der Waals surface area contributed by atoms with E-state index in [1.165, 1.54) is 36.3 Å². The molecule has 1 N–H and O–H groups in total. The van der Waals surface area contributed by atoms with Gasteiger partial charge < -0.3 is 9.47 Å². The van der Waals surface area contributed by atoms with E-state index in [-0.39, 0.29) is 45.6 Å². The Kier molecular flexibility index (Phi) is 7.37. The summed E-state index contributed by atoms with van der Waals surface area (Å²) in [5.74, 6) is 0.842. The zero-order valence-corrected chi connectivity index (χ0v) is 22.3. The van der Waals surface area contributed by atoms with Crippen molar-refractivity contribution < 1.29 is 22.7 Å². The van der Waals surface area contributed by atoms with Crippen LogP contribution in [0.3, 0.4) is 0 Å². The molecule has 1 aromatic heterocycles. The van der Waals surface area contributed by atoms with E-state index in [0.29, 0.717) is 22.6 Å². The van der Waals surface area contributed by atoms with Gasteiger partial charge in [-0.3, -0.25) is 14.5 Å². The highest BCUT2D eigenvalue weighted by molar-refractivity contribution is 7.92. The number of fused-ring (bicyclic) bond motifs is 1. The Balaban J connectivity index is 1.81. The molecule has 1 aliphatic heterocycles. The number of rotatable bonds is 7. The van der Waals surface area contributed by atoms with Crippen LogP contribution in [0.5, 0.6) is 11.5 Å². The van der Waals surface area contributed by atoms with Crippen molar-refractivity contribution in [2.45, 2.75) is 13.1 Å². The number of ether oxygens (including phenoxy) is 2. The summed E-state index contributed by atoms with van der Waals surface area (Å²) in [6.45, 7) is 0.0819. The van der Waals surface area contributed by atoms with Crippen molar-refractivity contribution in [3.63, 3.8) is 0 Å². The van der Waals surface area contributed by atoms with Crippen LogP contribution in [0.1, 0.15) is 11.1 Å². The maximum Gasteiger partial charge on any atom is 0.330 e. The number of nitrogens with zero attached hydrogens (tertiary/aromatic N) is 4. The van der Waals surface area contributed by atoms with E-state index in [2.05, 4.69) is 14.7 Å². The molecule has 0 unspecified atom stereocenters. The molecule has 0 radical (unpaired) electrons. The van der Waals surface area contributed by atoms with Gasteiger partial charge in [-0.05, 0) is 29.3 Å². The van der Waals surface area contributed by atoms with E-state index >= 15 is 0 Å². The van der Waals surface area contributed by atoms with Crippen LogP contribution in [0.25, 0.3) is 0 Å². The molecule has 36 heavy (non-hydrogen) atoms. The number of halogens is 3. The number of urea groups is 1. The van der Waals surface area contributed by atoms with E-state index in [0.717, 1.165) is 6.26 Å². The molecule has 3 aromatic rings. The third-order valence-electron chi connectivity index (χ3n) is 5.25. The number of aromatic nitrogens is 2. The fraction of sp³-hybridized carbons (Fsp3) is 0.227. The normalized spacial score (nSPS) is 13.4. The van der Waals surface area contributed by atoms with E-state index in [4.69, 9.17) is 44.3 Å². The Morgan fingerprint density at radius 1 is 1.08 bits per heavy atom. The van der Waals surface area contributed by atoms with Crippen molar-refractivity contribution in [1.29, 1.82) is 0 Å². The highest BCUT2D eigenvalue weighted by atomic mass is 35.5. The van der Waals surface area contributed by atoms with Crippen molar-refractivity contribution in [3.05, 3.63) is 63.0 Å². The quantitative estimate of drug-likeness (QED) is 0.398. The average molecular weight is 573 g/mol. The number of nitrogens with one attached hydrogen (secondary N) is 1. The number of carbonyl (C=O) groups is 1. The lowest BCUT2D eigenvalue weighted by molar-refractivity contribution is 0.249. The van der Waals surface area contributed by atoms with Crippen LogP contribution in [0, 0.1) is 0 Å². The minimum Gasteiger partial charge on any atom is -0.495 e. The second-order valence-electron chi connectivity index (χ2n) is 7.78. The van der Waals surface area contributed by atoms with Gasteiger partial charge in [-0.25, -0.2) is 18.2 Å². The second-order valence-corrected chi connectivity index (χ2v) is 10.6. The predicted octanol–water partition coefficient (Wildman–Crippen LogP) is 4.97. The molecule has 0 saturated heterocycles. The fourth-order valence-electron chi connectivity index (χ4n) is 3.75. The number of sulfonamides is 1. The summed E-state index contributed by atoms with van der Waals surface area (Å²) in [5.41, 5.74) is 1.75. The summed E-state index contributed by atoms with van der Waals surface area (Å²) in [5, 5.41) is 0.204. The summed E-state index contributed by atoms with van der Waals surface area (Å²) in [6.07, 6.45) is 2.56. The number of anilines is 3. The molecule has 4 rings (SSSR count). The zero-order chi connectivity index (χ0) is 26.2. The van der Waals surface area contributed by atoms with Gasteiger partial charge in [0.1, 0.15) is 27.4 Å². The Hall–Kier alpha value is -2.99. The monoisotopic (exact) mass is 571 g/mol. The Morgan fingerprint density at radius 3 is 2.36 bits per heavy atom. The van der Waals surface area contributed by atoms with Gasteiger partial charge in [-0.15, -0.1) is 0 Å². The van der Waals surface area contributed by atoms with Gasteiger partial charge in [-0.1, -0.05) is 35.3 Å². The Morgan fingerprint density at radius 2 is 1.75 bits per heavy atom. The van der Waals surface area contributed by atoms with E-state index in [9.17, 15) is 13.2 Å². The molecule has 0 aliphatic carbocycles. The van der Waals surface area contributed by atoms with Crippen LogP contribution in [0.4, 0.5) is 22.0 Å². The largest absolute Gasteiger partial charge is 0.495 e. The van der Waals surface area contributed by atoms with Gasteiger partial charge >= 0.3 is 6.03 Å². The lowest BCUT2D eigenvalue weighted by Crippen LogP contribution is -2.47. The highest BCUT2D eigenvalue weighted by Gasteiger charge is 2.36. The van der Waals surface area contributed by atoms with Gasteiger partial charge in [0.25, 0.3) is 0 Å². The predicted molar refractivity (Wildman–Crippen MR) is 139 cm³/mol. The molecule has 190 valence electrons. The lowest BCUT2D eigenvalue weighted by atomic mass is 10.1. The minimum atomic E-state index is -3.49. The van der Waals surface area contributed by atoms with Gasteiger partial charge in [0.2, 0.25) is 15.3 Å². The standard InChI is InChI=1S/C22H20Cl3N5O5S/c1-34-15-8-16(35-2)18(24)19(17(15)23)29-11-13-9-26-21(25)27-20(13)30(22(29)31)10-12-5-4-6-14(7-12)28-36(3,32)33/h4-9,28H,10-11H2,1-3H3. The van der Waals surface area contributed by atoms with Crippen molar-refractivity contribution in [1.82, 2.24) is 9.97 Å². The van der Waals surface area contributed by atoms with Gasteiger partial charge in [0.15, 0.2) is 0 Å². The van der Waals surface area contributed by atoms with Crippen LogP contribution in [-0.4, -0.2) is 44.9 Å². The maximum atomic E-state index is 13.9. The SMILES string of the molecule is COc1cc(OC)c(Cl)c(N2Cc3cnc(Cl)nc3N(Cc3cccc(NS(C)(=O)=O)c3)C2=O)c1Cl. The summed E-state index contributed by atoms with van der Waals surface area (Å²) in [4.78, 5) is 24.9. The molecule has 2 aromatic carbocycles. The smallest absolute Gasteiger partial charge is 0.330 e. The molecule has 0 bridgehead atoms. The van der Waals surface area contributed by atoms with Crippen molar-refractivity contribution in [3.8, 4) is 11.5 Å². The summed E-state index contributed by atoms with van der Waals surface area (Å²) >= 11 is 19.2. The Bertz CT molecular complexity index is 1430. The summed E-state index contributed by atoms with van der Waals surface area (Å²) in [7, 11) is -0.618. The summed E-state index contributed by atoms with van der Waals surface area (Å²) < 4.78 is 36.4. The fourth-order valence-corrected chi connectivity index (χ4v) is 5.14. The highest BCUT2D eigenvalue weighted by Crippen LogP contribution is 2.48. The number of carbonyl (C=O) groups excluding carboxylic acids is 1. The average Bonchev–Trinajstić information content (AvgIpc) is 2.81. The number of hydrogen-bond acceptors (Lipinski definition) is 7. The molecule has 0 fully saturated rings. The van der Waals surface area contributed by atoms with Crippen LogP contribution < -0.4 is 24.0 Å². The third-order valence-corrected chi connectivity index (χ3v) is 6.77. The van der Waals surface area contributed by atoms with Gasteiger partial charge in [-0.2, -0.15) is 4.98 Å². The molecule has 0 atom stereocenters. The van der Waals surface area contributed by atoms with Crippen molar-refractivity contribution >= 4 is 68.0 Å². The second kappa shape index (κ2) is 10.2. The molecule has 1 aliphatic rings. The van der Waals surface area contributed by atoms with Crippen LogP contribution in [0.15, 0.2) is 36.5 Å².